The number of hydrogen-bond donors (Lipinski definition) is 2. The first-order valence-corrected chi connectivity index (χ1v) is 12.6. The molecule has 208 valence electrons. The second kappa shape index (κ2) is 11.6. The van der Waals surface area contributed by atoms with Gasteiger partial charge in [0.05, 0.1) is 6.61 Å². The van der Waals surface area contributed by atoms with E-state index in [1.54, 1.807) is 90.1 Å². The van der Waals surface area contributed by atoms with Crippen LogP contribution in [0.2, 0.25) is 0 Å². The van der Waals surface area contributed by atoms with E-state index in [9.17, 15) is 19.5 Å². The van der Waals surface area contributed by atoms with E-state index in [1.165, 1.54) is 6.20 Å². The van der Waals surface area contributed by atoms with Gasteiger partial charge < -0.3 is 24.6 Å². The van der Waals surface area contributed by atoms with Gasteiger partial charge in [-0.1, -0.05) is 12.1 Å². The number of nitrogens with zero attached hydrogens (tertiary/aromatic N) is 2. The Morgan fingerprint density at radius 1 is 0.949 bits per heavy atom. The summed E-state index contributed by atoms with van der Waals surface area (Å²) in [5, 5.41) is 14.0. The van der Waals surface area contributed by atoms with Gasteiger partial charge in [0.15, 0.2) is 11.9 Å². The molecule has 10 heteroatoms. The highest BCUT2D eigenvalue weighted by atomic mass is 16.6. The Labute approximate surface area is 227 Å². The predicted molar refractivity (Wildman–Crippen MR) is 148 cm³/mol. The molecule has 0 saturated heterocycles. The fourth-order valence-corrected chi connectivity index (χ4v) is 3.70. The Bertz CT molecular complexity index is 1330. The zero-order valence-electron chi connectivity index (χ0n) is 23.3. The molecule has 2 aromatic carbocycles. The van der Waals surface area contributed by atoms with E-state index in [2.05, 4.69) is 10.3 Å². The summed E-state index contributed by atoms with van der Waals surface area (Å²) in [6.07, 6.45) is -0.415. The van der Waals surface area contributed by atoms with Gasteiger partial charge in [-0.25, -0.2) is 19.4 Å². The van der Waals surface area contributed by atoms with Crippen LogP contribution in [0.15, 0.2) is 54.7 Å². The van der Waals surface area contributed by atoms with Crippen molar-refractivity contribution < 1.29 is 33.7 Å². The molecule has 0 fully saturated rings. The second-order valence-electron chi connectivity index (χ2n) is 10.8. The number of aromatic nitrogens is 1. The number of ether oxygens (including phenoxy) is 3. The molecular weight excluding hydrogens is 502 g/mol. The van der Waals surface area contributed by atoms with E-state index in [-0.39, 0.29) is 5.82 Å². The standard InChI is InChI=1S/C29H35N3O7/c1-8-37-21-11-9-10-19(17-21)23(25(33)34)31-20-12-13-22-18(16-20)14-15-30-24(22)32(26(35)38-28(2,3)4)27(36)39-29(5,6)7/h9-17,23,31H,8H2,1-7H3,(H,33,34). The van der Waals surface area contributed by atoms with Crippen LogP contribution in [0.4, 0.5) is 21.1 Å². The summed E-state index contributed by atoms with van der Waals surface area (Å²) in [7, 11) is 0. The van der Waals surface area contributed by atoms with Crippen molar-refractivity contribution in [2.45, 2.75) is 65.7 Å². The number of rotatable bonds is 7. The first-order valence-electron chi connectivity index (χ1n) is 12.6. The lowest BCUT2D eigenvalue weighted by Gasteiger charge is -2.28. The van der Waals surface area contributed by atoms with Crippen LogP contribution in [0.5, 0.6) is 5.75 Å². The first-order chi connectivity index (χ1) is 18.2. The van der Waals surface area contributed by atoms with E-state index in [0.29, 0.717) is 34.4 Å². The van der Waals surface area contributed by atoms with Gasteiger partial charge in [0.2, 0.25) is 0 Å². The molecule has 39 heavy (non-hydrogen) atoms. The molecule has 0 aliphatic heterocycles. The summed E-state index contributed by atoms with van der Waals surface area (Å²) >= 11 is 0. The number of pyridine rings is 1. The lowest BCUT2D eigenvalue weighted by molar-refractivity contribution is -0.138. The molecule has 2 amide bonds. The number of carboxylic acid groups (broad SMARTS) is 1. The minimum atomic E-state index is -1.07. The van der Waals surface area contributed by atoms with Gasteiger partial charge in [-0.15, -0.1) is 0 Å². The Morgan fingerprint density at radius 2 is 1.59 bits per heavy atom. The van der Waals surface area contributed by atoms with Crippen molar-refractivity contribution in [3.8, 4) is 5.75 Å². The molecule has 0 spiro atoms. The van der Waals surface area contributed by atoms with E-state index >= 15 is 0 Å². The lowest BCUT2D eigenvalue weighted by Crippen LogP contribution is -2.44. The third-order valence-corrected chi connectivity index (χ3v) is 5.17. The lowest BCUT2D eigenvalue weighted by atomic mass is 10.1. The summed E-state index contributed by atoms with van der Waals surface area (Å²) in [4.78, 5) is 43.5. The number of anilines is 2. The van der Waals surface area contributed by atoms with Crippen molar-refractivity contribution in [3.63, 3.8) is 0 Å². The van der Waals surface area contributed by atoms with E-state index in [0.717, 1.165) is 4.90 Å². The van der Waals surface area contributed by atoms with Crippen LogP contribution in [0.3, 0.4) is 0 Å². The third-order valence-electron chi connectivity index (χ3n) is 5.17. The van der Waals surface area contributed by atoms with Gasteiger partial charge in [0.25, 0.3) is 0 Å². The van der Waals surface area contributed by atoms with Gasteiger partial charge in [0.1, 0.15) is 17.0 Å². The number of aliphatic carboxylic acids is 1. The maximum atomic E-state index is 13.1. The Morgan fingerprint density at radius 3 is 2.15 bits per heavy atom. The minimum absolute atomic E-state index is 0.0294. The van der Waals surface area contributed by atoms with Crippen molar-refractivity contribution in [2.24, 2.45) is 0 Å². The minimum Gasteiger partial charge on any atom is -0.494 e. The summed E-state index contributed by atoms with van der Waals surface area (Å²) < 4.78 is 16.5. The highest BCUT2D eigenvalue weighted by Gasteiger charge is 2.34. The van der Waals surface area contributed by atoms with Crippen molar-refractivity contribution in [1.29, 1.82) is 0 Å². The van der Waals surface area contributed by atoms with Gasteiger partial charge in [0, 0.05) is 17.3 Å². The zero-order chi connectivity index (χ0) is 29.0. The number of carbonyl (C=O) groups is 3. The quantitative estimate of drug-likeness (QED) is 0.345. The molecule has 0 radical (unpaired) electrons. The molecule has 0 saturated carbocycles. The van der Waals surface area contributed by atoms with Crippen molar-refractivity contribution in [2.75, 3.05) is 16.8 Å². The number of fused-ring (bicyclic) bond motifs is 1. The molecule has 10 nitrogen and oxygen atoms in total. The largest absolute Gasteiger partial charge is 0.494 e. The Kier molecular flexibility index (Phi) is 8.68. The topological polar surface area (TPSA) is 127 Å². The molecule has 1 heterocycles. The summed E-state index contributed by atoms with van der Waals surface area (Å²) in [6.45, 7) is 12.4. The SMILES string of the molecule is CCOc1cccc(C(Nc2ccc3c(N(C(=O)OC(C)(C)C)C(=O)OC(C)(C)C)nccc3c2)C(=O)O)c1. The molecule has 0 bridgehead atoms. The van der Waals surface area contributed by atoms with E-state index < -0.39 is 35.4 Å². The molecule has 1 atom stereocenters. The fourth-order valence-electron chi connectivity index (χ4n) is 3.70. The molecule has 1 aromatic heterocycles. The van der Waals surface area contributed by atoms with Crippen LogP contribution in [-0.2, 0) is 14.3 Å². The first kappa shape index (κ1) is 29.2. The third kappa shape index (κ3) is 7.83. The number of benzene rings is 2. The second-order valence-corrected chi connectivity index (χ2v) is 10.8. The van der Waals surface area contributed by atoms with Crippen LogP contribution < -0.4 is 15.0 Å². The molecule has 1 unspecified atom stereocenters. The van der Waals surface area contributed by atoms with Crippen LogP contribution >= 0.6 is 0 Å². The molecule has 3 aromatic rings. The number of carboxylic acids is 1. The fraction of sp³-hybridized carbons (Fsp3) is 0.379. The van der Waals surface area contributed by atoms with Crippen LogP contribution in [-0.4, -0.2) is 46.1 Å². The normalized spacial score (nSPS) is 12.4. The highest BCUT2D eigenvalue weighted by Crippen LogP contribution is 2.31. The monoisotopic (exact) mass is 537 g/mol. The van der Waals surface area contributed by atoms with Gasteiger partial charge in [-0.3, -0.25) is 0 Å². The molecule has 0 aliphatic rings. The smallest absolute Gasteiger partial charge is 0.425 e. The van der Waals surface area contributed by atoms with E-state index in [4.69, 9.17) is 14.2 Å². The molecular formula is C29H35N3O7. The number of imide groups is 1. The summed E-state index contributed by atoms with van der Waals surface area (Å²) in [5.74, 6) is -0.469. The maximum Gasteiger partial charge on any atom is 0.425 e. The molecule has 0 aliphatic carbocycles. The zero-order valence-corrected chi connectivity index (χ0v) is 23.3. The summed E-state index contributed by atoms with van der Waals surface area (Å²) in [5.41, 5.74) is -0.714. The average molecular weight is 538 g/mol. The Hall–Kier alpha value is -4.34. The van der Waals surface area contributed by atoms with Crippen molar-refractivity contribution in [1.82, 2.24) is 4.98 Å². The van der Waals surface area contributed by atoms with Crippen LogP contribution in [0.25, 0.3) is 10.8 Å². The number of amides is 2. The summed E-state index contributed by atoms with van der Waals surface area (Å²) in [6, 6.07) is 12.5. The number of nitrogens with one attached hydrogen (secondary N) is 1. The molecule has 2 N–H and O–H groups in total. The van der Waals surface area contributed by atoms with Crippen molar-refractivity contribution in [3.05, 3.63) is 60.3 Å². The van der Waals surface area contributed by atoms with Crippen molar-refractivity contribution >= 4 is 40.4 Å². The van der Waals surface area contributed by atoms with Gasteiger partial charge >= 0.3 is 18.2 Å². The number of hydrogen-bond acceptors (Lipinski definition) is 8. The highest BCUT2D eigenvalue weighted by molar-refractivity contribution is 6.14. The maximum absolute atomic E-state index is 13.1. The molecule has 3 rings (SSSR count). The predicted octanol–water partition coefficient (Wildman–Crippen LogP) is 6.55. The number of carbonyl (C=O) groups excluding carboxylic acids is 2. The van der Waals surface area contributed by atoms with E-state index in [1.807, 2.05) is 6.92 Å². The van der Waals surface area contributed by atoms with Gasteiger partial charge in [-0.2, -0.15) is 4.90 Å². The van der Waals surface area contributed by atoms with Crippen LogP contribution in [0.1, 0.15) is 60.1 Å². The average Bonchev–Trinajstić information content (AvgIpc) is 2.80. The van der Waals surface area contributed by atoms with Crippen LogP contribution in [0, 0.1) is 0 Å². The Balaban J connectivity index is 2.01. The van der Waals surface area contributed by atoms with Gasteiger partial charge in [-0.05, 0) is 95.8 Å².